The number of ether oxygens (including phenoxy) is 3. The first-order chi connectivity index (χ1) is 20.7. The fourth-order valence-corrected chi connectivity index (χ4v) is 5.76. The lowest BCUT2D eigenvalue weighted by molar-refractivity contribution is -0.132. The standard InChI is InChI=1S/C33H28N2O7S/c1-5-16-41-32(39)30-20(3)34-33(43-30)35-27(21-10-9-13-24(18-21)42-23-11-7-6-8-12-23)26(29(37)31(35)38)28(36)22-14-15-25(40-4)19(2)17-22/h5-15,17-18,27,36H,1,16H2,2-4H3/b28-26+/t27-/m0/s1. The summed E-state index contributed by atoms with van der Waals surface area (Å²) in [6.07, 6.45) is 1.44. The molecular formula is C33H28N2O7S. The Labute approximate surface area is 252 Å². The zero-order chi connectivity index (χ0) is 30.7. The molecule has 0 unspecified atom stereocenters. The van der Waals surface area contributed by atoms with Gasteiger partial charge in [0.05, 0.1) is 24.4 Å². The summed E-state index contributed by atoms with van der Waals surface area (Å²) in [6, 6.07) is 19.9. The highest BCUT2D eigenvalue weighted by Gasteiger charge is 2.48. The predicted octanol–water partition coefficient (Wildman–Crippen LogP) is 6.53. The number of aromatic nitrogens is 1. The number of hydrogen-bond donors (Lipinski definition) is 1. The maximum atomic E-state index is 13.7. The second-order valence-electron chi connectivity index (χ2n) is 9.64. The molecule has 0 radical (unpaired) electrons. The monoisotopic (exact) mass is 596 g/mol. The van der Waals surface area contributed by atoms with Crippen LogP contribution in [-0.2, 0) is 14.3 Å². The Bertz CT molecular complexity index is 1760. The van der Waals surface area contributed by atoms with E-state index in [1.165, 1.54) is 18.1 Å². The molecule has 0 aliphatic carbocycles. The van der Waals surface area contributed by atoms with Gasteiger partial charge in [0.2, 0.25) is 0 Å². The number of esters is 1. The minimum Gasteiger partial charge on any atom is -0.507 e. The number of rotatable bonds is 9. The van der Waals surface area contributed by atoms with Crippen molar-refractivity contribution in [1.82, 2.24) is 4.98 Å². The second kappa shape index (κ2) is 12.3. The first kappa shape index (κ1) is 29.3. The van der Waals surface area contributed by atoms with Gasteiger partial charge in [0.15, 0.2) is 5.13 Å². The summed E-state index contributed by atoms with van der Waals surface area (Å²) in [6.45, 7) is 6.98. The lowest BCUT2D eigenvalue weighted by Crippen LogP contribution is -2.29. The maximum Gasteiger partial charge on any atom is 0.350 e. The van der Waals surface area contributed by atoms with Gasteiger partial charge in [-0.15, -0.1) is 0 Å². The molecule has 1 aliphatic rings. The van der Waals surface area contributed by atoms with E-state index in [0.29, 0.717) is 34.1 Å². The second-order valence-corrected chi connectivity index (χ2v) is 10.6. The summed E-state index contributed by atoms with van der Waals surface area (Å²) in [7, 11) is 1.54. The van der Waals surface area contributed by atoms with Crippen LogP contribution < -0.4 is 14.4 Å². The molecule has 4 aromatic rings. The van der Waals surface area contributed by atoms with Crippen LogP contribution in [0.1, 0.15) is 38.1 Å². The number of ketones is 1. The SMILES string of the molecule is C=CCOC(=O)c1sc(N2C(=O)C(=O)/C(=C(/O)c3ccc(OC)c(C)c3)[C@@H]2c2cccc(Oc3ccccc3)c2)nc1C. The van der Waals surface area contributed by atoms with Gasteiger partial charge in [-0.05, 0) is 67.4 Å². The molecule has 218 valence electrons. The lowest BCUT2D eigenvalue weighted by atomic mass is 9.94. The number of aliphatic hydroxyl groups excluding tert-OH is 1. The van der Waals surface area contributed by atoms with Crippen molar-refractivity contribution in [3.63, 3.8) is 0 Å². The van der Waals surface area contributed by atoms with Gasteiger partial charge in [0.25, 0.3) is 5.78 Å². The van der Waals surface area contributed by atoms with Crippen molar-refractivity contribution >= 4 is 39.9 Å². The Morgan fingerprint density at radius 1 is 1.05 bits per heavy atom. The molecule has 1 aliphatic heterocycles. The van der Waals surface area contributed by atoms with Gasteiger partial charge < -0.3 is 19.3 Å². The molecule has 9 nitrogen and oxygen atoms in total. The van der Waals surface area contributed by atoms with Crippen LogP contribution in [0.3, 0.4) is 0 Å². The first-order valence-corrected chi connectivity index (χ1v) is 14.1. The number of anilines is 1. The minimum absolute atomic E-state index is 0.00546. The molecule has 0 bridgehead atoms. The zero-order valence-corrected chi connectivity index (χ0v) is 24.5. The fourth-order valence-electron chi connectivity index (χ4n) is 4.77. The average Bonchev–Trinajstić information content (AvgIpc) is 3.52. The summed E-state index contributed by atoms with van der Waals surface area (Å²) in [4.78, 5) is 45.8. The highest BCUT2D eigenvalue weighted by molar-refractivity contribution is 7.17. The molecule has 1 atom stereocenters. The van der Waals surface area contributed by atoms with Crippen LogP contribution in [0.5, 0.6) is 17.2 Å². The summed E-state index contributed by atoms with van der Waals surface area (Å²) < 4.78 is 16.5. The van der Waals surface area contributed by atoms with Crippen LogP contribution in [0.25, 0.3) is 5.76 Å². The van der Waals surface area contributed by atoms with Gasteiger partial charge in [-0.2, -0.15) is 0 Å². The summed E-state index contributed by atoms with van der Waals surface area (Å²) in [5.74, 6) is -1.11. The van der Waals surface area contributed by atoms with E-state index in [1.54, 1.807) is 68.4 Å². The Kier molecular flexibility index (Phi) is 8.40. The third-order valence-corrected chi connectivity index (χ3v) is 7.91. The van der Waals surface area contributed by atoms with Crippen LogP contribution in [-0.4, -0.2) is 41.5 Å². The van der Waals surface area contributed by atoms with E-state index in [2.05, 4.69) is 11.6 Å². The van der Waals surface area contributed by atoms with Gasteiger partial charge >= 0.3 is 11.9 Å². The van der Waals surface area contributed by atoms with E-state index in [9.17, 15) is 19.5 Å². The highest BCUT2D eigenvalue weighted by atomic mass is 32.1. The van der Waals surface area contributed by atoms with Crippen LogP contribution in [0, 0.1) is 13.8 Å². The van der Waals surface area contributed by atoms with Gasteiger partial charge in [-0.3, -0.25) is 14.5 Å². The van der Waals surface area contributed by atoms with Crippen LogP contribution in [0.2, 0.25) is 0 Å². The quantitative estimate of drug-likeness (QED) is 0.0763. The molecule has 1 N–H and O–H groups in total. The summed E-state index contributed by atoms with van der Waals surface area (Å²) in [5, 5.41) is 11.7. The van der Waals surface area contributed by atoms with E-state index in [0.717, 1.165) is 16.9 Å². The molecule has 43 heavy (non-hydrogen) atoms. The van der Waals surface area contributed by atoms with Crippen molar-refractivity contribution < 1.29 is 33.7 Å². The van der Waals surface area contributed by atoms with E-state index in [4.69, 9.17) is 14.2 Å². The number of aryl methyl sites for hydroxylation is 2. The van der Waals surface area contributed by atoms with E-state index < -0.39 is 23.7 Å². The Morgan fingerprint density at radius 2 is 1.79 bits per heavy atom. The van der Waals surface area contributed by atoms with Gasteiger partial charge in [0, 0.05) is 5.56 Å². The van der Waals surface area contributed by atoms with Crippen molar-refractivity contribution in [2.75, 3.05) is 18.6 Å². The van der Waals surface area contributed by atoms with Crippen LogP contribution >= 0.6 is 11.3 Å². The smallest absolute Gasteiger partial charge is 0.350 e. The Balaban J connectivity index is 1.66. The van der Waals surface area contributed by atoms with Crippen molar-refractivity contribution in [1.29, 1.82) is 0 Å². The fraction of sp³-hybridized carbons (Fsp3) is 0.152. The Hall–Kier alpha value is -5.22. The van der Waals surface area contributed by atoms with Gasteiger partial charge in [-0.25, -0.2) is 9.78 Å². The number of aliphatic hydroxyl groups is 1. The van der Waals surface area contributed by atoms with Crippen molar-refractivity contribution in [3.05, 3.63) is 118 Å². The van der Waals surface area contributed by atoms with E-state index >= 15 is 0 Å². The van der Waals surface area contributed by atoms with Gasteiger partial charge in [0.1, 0.15) is 34.5 Å². The van der Waals surface area contributed by atoms with Crippen molar-refractivity contribution in [3.8, 4) is 17.2 Å². The van der Waals surface area contributed by atoms with Crippen LogP contribution in [0.4, 0.5) is 5.13 Å². The molecule has 2 heterocycles. The molecule has 10 heteroatoms. The molecule has 1 fully saturated rings. The molecule has 0 spiro atoms. The van der Waals surface area contributed by atoms with Crippen molar-refractivity contribution in [2.45, 2.75) is 19.9 Å². The number of methoxy groups -OCH3 is 1. The van der Waals surface area contributed by atoms with Crippen LogP contribution in [0.15, 0.2) is 91.0 Å². The molecule has 3 aromatic carbocycles. The average molecular weight is 597 g/mol. The summed E-state index contributed by atoms with van der Waals surface area (Å²) >= 11 is 0.924. The third kappa shape index (κ3) is 5.77. The Morgan fingerprint density at radius 3 is 2.49 bits per heavy atom. The maximum absolute atomic E-state index is 13.7. The number of amides is 1. The van der Waals surface area contributed by atoms with E-state index in [-0.39, 0.29) is 27.9 Å². The largest absolute Gasteiger partial charge is 0.507 e. The number of benzene rings is 3. The molecule has 5 rings (SSSR count). The number of Topliss-reactive ketones (excluding diaryl/α,β-unsaturated/α-hetero) is 1. The minimum atomic E-state index is -1.08. The number of thiazole rings is 1. The molecule has 1 saturated heterocycles. The molecule has 1 amide bonds. The number of carbonyl (C=O) groups is 3. The number of nitrogens with zero attached hydrogens (tertiary/aromatic N) is 2. The summed E-state index contributed by atoms with van der Waals surface area (Å²) in [5.41, 5.74) is 1.76. The normalized spacial score (nSPS) is 15.8. The molecular weight excluding hydrogens is 568 g/mol. The number of hydrogen-bond acceptors (Lipinski definition) is 9. The zero-order valence-electron chi connectivity index (χ0n) is 23.7. The number of carbonyl (C=O) groups excluding carboxylic acids is 3. The third-order valence-electron chi connectivity index (χ3n) is 6.77. The predicted molar refractivity (Wildman–Crippen MR) is 163 cm³/mol. The number of para-hydroxylation sites is 1. The topological polar surface area (TPSA) is 115 Å². The first-order valence-electron chi connectivity index (χ1n) is 13.3. The highest BCUT2D eigenvalue weighted by Crippen LogP contribution is 2.45. The molecule has 0 saturated carbocycles. The van der Waals surface area contributed by atoms with Crippen molar-refractivity contribution in [2.24, 2.45) is 0 Å². The van der Waals surface area contributed by atoms with Gasteiger partial charge in [-0.1, -0.05) is 54.3 Å². The van der Waals surface area contributed by atoms with E-state index in [1.807, 2.05) is 18.2 Å². The molecule has 1 aromatic heterocycles. The lowest BCUT2D eigenvalue weighted by Gasteiger charge is -2.23.